The summed E-state index contributed by atoms with van der Waals surface area (Å²) in [5.41, 5.74) is 1.79. The first-order chi connectivity index (χ1) is 20.0. The van der Waals surface area contributed by atoms with Crippen molar-refractivity contribution in [3.05, 3.63) is 89.5 Å². The fourth-order valence-corrected chi connectivity index (χ4v) is 5.40. The van der Waals surface area contributed by atoms with Gasteiger partial charge in [-0.25, -0.2) is 13.6 Å². The molecule has 12 heteroatoms. The number of aryl methyl sites for hydroxylation is 1. The quantitative estimate of drug-likeness (QED) is 0.238. The van der Waals surface area contributed by atoms with Crippen LogP contribution >= 0.6 is 0 Å². The Labute approximate surface area is 239 Å². The van der Waals surface area contributed by atoms with Crippen LogP contribution in [-0.2, 0) is 20.7 Å². The van der Waals surface area contributed by atoms with Crippen molar-refractivity contribution in [1.82, 2.24) is 0 Å². The highest BCUT2D eigenvalue weighted by Gasteiger charge is 2.49. The predicted molar refractivity (Wildman–Crippen MR) is 143 cm³/mol. The summed E-state index contributed by atoms with van der Waals surface area (Å²) in [6.07, 6.45) is -8.03. The van der Waals surface area contributed by atoms with Gasteiger partial charge in [-0.1, -0.05) is 18.2 Å². The van der Waals surface area contributed by atoms with Crippen molar-refractivity contribution in [2.24, 2.45) is 5.92 Å². The maximum absolute atomic E-state index is 14.1. The van der Waals surface area contributed by atoms with Crippen LogP contribution in [0.4, 0.5) is 14.5 Å². The number of carboxylic acids is 1. The summed E-state index contributed by atoms with van der Waals surface area (Å²) in [5, 5.41) is 49.3. The number of hydrogen-bond acceptors (Lipinski definition) is 8. The molecule has 2 unspecified atom stereocenters. The number of phenolic OH excluding ortho intramolecular Hbond substituents is 1. The van der Waals surface area contributed by atoms with Crippen LogP contribution < -0.4 is 9.64 Å². The molecule has 0 spiro atoms. The molecule has 2 aliphatic rings. The van der Waals surface area contributed by atoms with E-state index in [2.05, 4.69) is 0 Å². The van der Waals surface area contributed by atoms with Gasteiger partial charge in [0, 0.05) is 11.8 Å². The molecule has 3 aromatic carbocycles. The van der Waals surface area contributed by atoms with Crippen LogP contribution in [0, 0.1) is 17.6 Å². The third kappa shape index (κ3) is 5.79. The molecule has 10 nitrogen and oxygen atoms in total. The molecule has 7 atom stereocenters. The van der Waals surface area contributed by atoms with Crippen molar-refractivity contribution in [1.29, 1.82) is 0 Å². The maximum atomic E-state index is 14.1. The monoisotopic (exact) mass is 585 g/mol. The van der Waals surface area contributed by atoms with Crippen LogP contribution in [0.3, 0.4) is 0 Å². The highest BCUT2D eigenvalue weighted by atomic mass is 19.1. The Bertz CT molecular complexity index is 1440. The SMILES string of the molecule is O=C(O)[C@H]1O[C@@H](Oc2cc(F)ccc2CCCC2C(=O)N(c3ccc(F)cc3)C2c2ccc(O)cc2)[C@H](O)[C@@H](O)[C@@H]1O. The molecule has 2 heterocycles. The second kappa shape index (κ2) is 12.0. The lowest BCUT2D eigenvalue weighted by molar-refractivity contribution is -0.271. The van der Waals surface area contributed by atoms with Gasteiger partial charge < -0.3 is 39.9 Å². The molecule has 42 heavy (non-hydrogen) atoms. The molecule has 5 rings (SSSR count). The molecule has 2 aliphatic heterocycles. The van der Waals surface area contributed by atoms with E-state index in [0.717, 1.165) is 11.6 Å². The Morgan fingerprint density at radius 3 is 2.24 bits per heavy atom. The van der Waals surface area contributed by atoms with E-state index in [4.69, 9.17) is 9.47 Å². The van der Waals surface area contributed by atoms with Crippen LogP contribution in [0.5, 0.6) is 11.5 Å². The van der Waals surface area contributed by atoms with E-state index in [9.17, 15) is 43.9 Å². The highest BCUT2D eigenvalue weighted by molar-refractivity contribution is 6.03. The number of aliphatic hydroxyl groups excluding tert-OH is 3. The van der Waals surface area contributed by atoms with Crippen molar-refractivity contribution in [3.63, 3.8) is 0 Å². The maximum Gasteiger partial charge on any atom is 0.335 e. The van der Waals surface area contributed by atoms with E-state index in [0.29, 0.717) is 30.5 Å². The average molecular weight is 586 g/mol. The fourth-order valence-electron chi connectivity index (χ4n) is 5.40. The van der Waals surface area contributed by atoms with E-state index in [1.165, 1.54) is 48.5 Å². The standard InChI is InChI=1S/C30H29F2NO9/c31-17-8-10-19(11-9-17)33-23(16-5-12-20(34)13-6-16)21(28(33)38)3-1-2-15-4-7-18(32)14-22(15)41-30-26(37)24(35)25(36)27(42-30)29(39)40/h4-14,21,23-27,30,34-37H,1-3H2,(H,39,40)/t21?,23?,24-,25-,26+,27-,30+/m0/s1. The number of ether oxygens (including phenoxy) is 2. The molecular formula is C30H29F2NO9. The normalized spacial score (nSPS) is 27.4. The first kappa shape index (κ1) is 29.4. The number of nitrogens with zero attached hydrogens (tertiary/aromatic N) is 1. The number of aromatic hydroxyl groups is 1. The van der Waals surface area contributed by atoms with Gasteiger partial charge >= 0.3 is 5.97 Å². The lowest BCUT2D eigenvalue weighted by atomic mass is 9.78. The molecule has 5 N–H and O–H groups in total. The summed E-state index contributed by atoms with van der Waals surface area (Å²) in [4.78, 5) is 26.3. The fraction of sp³-hybridized carbons (Fsp3) is 0.333. The van der Waals surface area contributed by atoms with Gasteiger partial charge in [0.1, 0.15) is 41.4 Å². The van der Waals surface area contributed by atoms with E-state index in [-0.39, 0.29) is 23.4 Å². The third-order valence-corrected chi connectivity index (χ3v) is 7.60. The van der Waals surface area contributed by atoms with Gasteiger partial charge in [0.2, 0.25) is 12.2 Å². The first-order valence-corrected chi connectivity index (χ1v) is 13.3. The molecule has 2 saturated heterocycles. The van der Waals surface area contributed by atoms with Crippen molar-refractivity contribution in [3.8, 4) is 11.5 Å². The summed E-state index contributed by atoms with van der Waals surface area (Å²) in [6.45, 7) is 0. The van der Waals surface area contributed by atoms with Crippen molar-refractivity contribution in [2.45, 2.75) is 56.0 Å². The smallest absolute Gasteiger partial charge is 0.335 e. The molecular weight excluding hydrogens is 556 g/mol. The lowest BCUT2D eigenvalue weighted by Crippen LogP contribution is -2.61. The van der Waals surface area contributed by atoms with Gasteiger partial charge in [0.25, 0.3) is 0 Å². The zero-order valence-corrected chi connectivity index (χ0v) is 22.1. The summed E-state index contributed by atoms with van der Waals surface area (Å²) in [7, 11) is 0. The minimum absolute atomic E-state index is 0.0604. The Morgan fingerprint density at radius 2 is 1.57 bits per heavy atom. The Kier molecular flexibility index (Phi) is 8.41. The Hall–Kier alpha value is -4.10. The average Bonchev–Trinajstić information content (AvgIpc) is 2.96. The molecule has 0 aromatic heterocycles. The van der Waals surface area contributed by atoms with E-state index < -0.39 is 54.2 Å². The summed E-state index contributed by atoms with van der Waals surface area (Å²) >= 11 is 0. The molecule has 3 aromatic rings. The summed E-state index contributed by atoms with van der Waals surface area (Å²) in [5.74, 6) is -3.29. The number of aliphatic carboxylic acids is 1. The van der Waals surface area contributed by atoms with E-state index >= 15 is 0 Å². The van der Waals surface area contributed by atoms with E-state index in [1.807, 2.05) is 0 Å². The number of β-lactam (4-membered cyclic amide) rings is 1. The van der Waals surface area contributed by atoms with Gasteiger partial charge in [-0.15, -0.1) is 0 Å². The molecule has 222 valence electrons. The number of hydrogen-bond donors (Lipinski definition) is 5. The van der Waals surface area contributed by atoms with Crippen LogP contribution in [-0.4, -0.2) is 68.1 Å². The number of rotatable bonds is 9. The number of aliphatic hydroxyl groups is 3. The van der Waals surface area contributed by atoms with Crippen LogP contribution in [0.2, 0.25) is 0 Å². The number of benzene rings is 3. The van der Waals surface area contributed by atoms with Gasteiger partial charge in [0.15, 0.2) is 6.10 Å². The number of carbonyl (C=O) groups excluding carboxylic acids is 1. The second-order valence-electron chi connectivity index (χ2n) is 10.3. The van der Waals surface area contributed by atoms with Crippen LogP contribution in [0.25, 0.3) is 0 Å². The van der Waals surface area contributed by atoms with Gasteiger partial charge in [-0.3, -0.25) is 4.79 Å². The second-order valence-corrected chi connectivity index (χ2v) is 10.3. The number of halogens is 2. The molecule has 0 aliphatic carbocycles. The Balaban J connectivity index is 1.31. The number of carboxylic acid groups (broad SMARTS) is 1. The summed E-state index contributed by atoms with van der Waals surface area (Å²) < 4.78 is 38.4. The zero-order chi connectivity index (χ0) is 30.1. The first-order valence-electron chi connectivity index (χ1n) is 13.3. The van der Waals surface area contributed by atoms with Crippen molar-refractivity contribution < 1.29 is 53.4 Å². The number of amides is 1. The van der Waals surface area contributed by atoms with Crippen molar-refractivity contribution in [2.75, 3.05) is 4.90 Å². The zero-order valence-electron chi connectivity index (χ0n) is 22.1. The minimum Gasteiger partial charge on any atom is -0.508 e. The van der Waals surface area contributed by atoms with Crippen molar-refractivity contribution >= 4 is 17.6 Å². The number of phenols is 1. The lowest BCUT2D eigenvalue weighted by Gasteiger charge is -2.47. The summed E-state index contributed by atoms with van der Waals surface area (Å²) in [6, 6.07) is 15.4. The highest BCUT2D eigenvalue weighted by Crippen LogP contribution is 2.46. The molecule has 2 fully saturated rings. The molecule has 0 radical (unpaired) electrons. The molecule has 1 amide bonds. The van der Waals surface area contributed by atoms with Gasteiger partial charge in [-0.2, -0.15) is 0 Å². The predicted octanol–water partition coefficient (Wildman–Crippen LogP) is 2.67. The van der Waals surface area contributed by atoms with E-state index in [1.54, 1.807) is 17.0 Å². The van der Waals surface area contributed by atoms with Gasteiger partial charge in [0.05, 0.1) is 12.0 Å². The molecule has 0 saturated carbocycles. The van der Waals surface area contributed by atoms with Crippen LogP contribution in [0.1, 0.15) is 30.0 Å². The largest absolute Gasteiger partial charge is 0.508 e. The molecule has 0 bridgehead atoms. The minimum atomic E-state index is -1.90. The number of anilines is 1. The topological polar surface area (TPSA) is 157 Å². The third-order valence-electron chi connectivity index (χ3n) is 7.60. The number of carbonyl (C=O) groups is 2. The van der Waals surface area contributed by atoms with Gasteiger partial charge in [-0.05, 0) is 72.9 Å². The Morgan fingerprint density at radius 1 is 0.905 bits per heavy atom. The van der Waals surface area contributed by atoms with Crippen LogP contribution in [0.15, 0.2) is 66.7 Å².